The van der Waals surface area contributed by atoms with Crippen LogP contribution in [0.4, 0.5) is 5.69 Å². The molecule has 0 aliphatic rings. The fourth-order valence-corrected chi connectivity index (χ4v) is 1.42. The van der Waals surface area contributed by atoms with Crippen molar-refractivity contribution in [3.05, 3.63) is 48.5 Å². The number of aryl methyl sites for hydroxylation is 1. The normalized spacial score (nSPS) is 10.2. The largest absolute Gasteiger partial charge is 0.383 e. The summed E-state index contributed by atoms with van der Waals surface area (Å²) in [5, 5.41) is 3.36. The molecule has 3 heteroatoms. The van der Waals surface area contributed by atoms with Crippen molar-refractivity contribution in [3.63, 3.8) is 0 Å². The Morgan fingerprint density at radius 3 is 2.73 bits per heavy atom. The van der Waals surface area contributed by atoms with Crippen LogP contribution in [0, 0.1) is 6.92 Å². The average molecular weight is 201 g/mol. The summed E-state index contributed by atoms with van der Waals surface area (Å²) in [7, 11) is 0. The Morgan fingerprint density at radius 2 is 2.07 bits per heavy atom. The highest BCUT2D eigenvalue weighted by molar-refractivity contribution is 5.44. The summed E-state index contributed by atoms with van der Waals surface area (Å²) in [5.41, 5.74) is 2.45. The van der Waals surface area contributed by atoms with Crippen molar-refractivity contribution >= 4 is 5.69 Å². The van der Waals surface area contributed by atoms with Crippen LogP contribution in [0.15, 0.2) is 43.0 Å². The first-order valence-corrected chi connectivity index (χ1v) is 5.11. The molecular weight excluding hydrogens is 186 g/mol. The number of hydrogen-bond acceptors (Lipinski definition) is 2. The number of nitrogens with zero attached hydrogens (tertiary/aromatic N) is 2. The van der Waals surface area contributed by atoms with Crippen LogP contribution in [0.1, 0.15) is 5.56 Å². The topological polar surface area (TPSA) is 29.9 Å². The van der Waals surface area contributed by atoms with Crippen LogP contribution in [-0.4, -0.2) is 16.1 Å². The van der Waals surface area contributed by atoms with Crippen LogP contribution in [0.3, 0.4) is 0 Å². The Labute approximate surface area is 89.8 Å². The second-order valence-corrected chi connectivity index (χ2v) is 3.59. The SMILES string of the molecule is Cc1ccc(NCCn2ccnc2)cc1. The van der Waals surface area contributed by atoms with Gasteiger partial charge in [0.05, 0.1) is 6.33 Å². The van der Waals surface area contributed by atoms with Gasteiger partial charge in [-0.05, 0) is 19.1 Å². The molecule has 0 aliphatic heterocycles. The molecule has 0 saturated carbocycles. The van der Waals surface area contributed by atoms with E-state index in [4.69, 9.17) is 0 Å². The Bertz CT molecular complexity index is 389. The molecule has 2 rings (SSSR count). The molecule has 0 radical (unpaired) electrons. The minimum absolute atomic E-state index is 0.916. The van der Waals surface area contributed by atoms with Crippen LogP contribution < -0.4 is 5.32 Å². The van der Waals surface area contributed by atoms with E-state index >= 15 is 0 Å². The van der Waals surface area contributed by atoms with Gasteiger partial charge >= 0.3 is 0 Å². The van der Waals surface area contributed by atoms with E-state index < -0.39 is 0 Å². The first kappa shape index (κ1) is 9.77. The summed E-state index contributed by atoms with van der Waals surface area (Å²) in [5.74, 6) is 0. The van der Waals surface area contributed by atoms with Crippen molar-refractivity contribution in [2.75, 3.05) is 11.9 Å². The van der Waals surface area contributed by atoms with Gasteiger partial charge in [-0.25, -0.2) is 4.98 Å². The fourth-order valence-electron chi connectivity index (χ4n) is 1.42. The zero-order chi connectivity index (χ0) is 10.5. The first-order chi connectivity index (χ1) is 7.34. The van der Waals surface area contributed by atoms with Crippen molar-refractivity contribution in [2.45, 2.75) is 13.5 Å². The summed E-state index contributed by atoms with van der Waals surface area (Å²) in [6.07, 6.45) is 5.60. The van der Waals surface area contributed by atoms with Crippen LogP contribution in [0.5, 0.6) is 0 Å². The van der Waals surface area contributed by atoms with Gasteiger partial charge in [0.15, 0.2) is 0 Å². The highest BCUT2D eigenvalue weighted by Crippen LogP contribution is 2.07. The molecule has 0 fully saturated rings. The van der Waals surface area contributed by atoms with E-state index in [1.807, 2.05) is 12.5 Å². The molecule has 1 aromatic carbocycles. The predicted octanol–water partition coefficient (Wildman–Crippen LogP) is 2.30. The highest BCUT2D eigenvalue weighted by Gasteiger charge is 1.92. The predicted molar refractivity (Wildman–Crippen MR) is 61.9 cm³/mol. The van der Waals surface area contributed by atoms with E-state index in [-0.39, 0.29) is 0 Å². The van der Waals surface area contributed by atoms with Crippen molar-refractivity contribution < 1.29 is 0 Å². The third kappa shape index (κ3) is 2.84. The molecule has 0 spiro atoms. The van der Waals surface area contributed by atoms with Gasteiger partial charge in [-0.15, -0.1) is 0 Å². The minimum atomic E-state index is 0.916. The number of anilines is 1. The monoisotopic (exact) mass is 201 g/mol. The summed E-state index contributed by atoms with van der Waals surface area (Å²) in [4.78, 5) is 3.99. The molecule has 0 aliphatic carbocycles. The van der Waals surface area contributed by atoms with Gasteiger partial charge in [0, 0.05) is 31.2 Å². The molecular formula is C12H15N3. The average Bonchev–Trinajstić information content (AvgIpc) is 2.74. The molecule has 1 aromatic heterocycles. The molecule has 1 N–H and O–H groups in total. The molecule has 1 heterocycles. The molecule has 2 aromatic rings. The Hall–Kier alpha value is -1.77. The lowest BCUT2D eigenvalue weighted by Gasteiger charge is -2.06. The maximum absolute atomic E-state index is 3.99. The number of imidazole rings is 1. The second-order valence-electron chi connectivity index (χ2n) is 3.59. The third-order valence-corrected chi connectivity index (χ3v) is 2.31. The number of hydrogen-bond donors (Lipinski definition) is 1. The smallest absolute Gasteiger partial charge is 0.0946 e. The number of rotatable bonds is 4. The zero-order valence-electron chi connectivity index (χ0n) is 8.85. The van der Waals surface area contributed by atoms with Crippen LogP contribution in [-0.2, 0) is 6.54 Å². The Kier molecular flexibility index (Phi) is 3.02. The molecule has 0 saturated heterocycles. The molecule has 0 atom stereocenters. The van der Waals surface area contributed by atoms with Crippen molar-refractivity contribution in [1.29, 1.82) is 0 Å². The van der Waals surface area contributed by atoms with Gasteiger partial charge in [0.25, 0.3) is 0 Å². The quantitative estimate of drug-likeness (QED) is 0.822. The van der Waals surface area contributed by atoms with E-state index in [0.29, 0.717) is 0 Å². The maximum atomic E-state index is 3.99. The second kappa shape index (κ2) is 4.64. The summed E-state index contributed by atoms with van der Waals surface area (Å²) >= 11 is 0. The minimum Gasteiger partial charge on any atom is -0.383 e. The van der Waals surface area contributed by atoms with Crippen LogP contribution >= 0.6 is 0 Å². The van der Waals surface area contributed by atoms with E-state index in [2.05, 4.69) is 46.1 Å². The molecule has 0 unspecified atom stereocenters. The van der Waals surface area contributed by atoms with Crippen molar-refractivity contribution in [1.82, 2.24) is 9.55 Å². The van der Waals surface area contributed by atoms with Gasteiger partial charge in [-0.2, -0.15) is 0 Å². The lowest BCUT2D eigenvalue weighted by Crippen LogP contribution is -2.08. The zero-order valence-corrected chi connectivity index (χ0v) is 8.85. The molecule has 78 valence electrons. The van der Waals surface area contributed by atoms with E-state index in [0.717, 1.165) is 13.1 Å². The lowest BCUT2D eigenvalue weighted by atomic mass is 10.2. The number of nitrogens with one attached hydrogen (secondary N) is 1. The van der Waals surface area contributed by atoms with Crippen molar-refractivity contribution in [2.24, 2.45) is 0 Å². The van der Waals surface area contributed by atoms with Gasteiger partial charge in [0.2, 0.25) is 0 Å². The first-order valence-electron chi connectivity index (χ1n) is 5.11. The van der Waals surface area contributed by atoms with E-state index in [9.17, 15) is 0 Å². The molecule has 3 nitrogen and oxygen atoms in total. The molecule has 15 heavy (non-hydrogen) atoms. The lowest BCUT2D eigenvalue weighted by molar-refractivity contribution is 0.727. The number of benzene rings is 1. The van der Waals surface area contributed by atoms with E-state index in [1.54, 1.807) is 6.20 Å². The highest BCUT2D eigenvalue weighted by atomic mass is 15.0. The molecule has 0 bridgehead atoms. The van der Waals surface area contributed by atoms with Gasteiger partial charge < -0.3 is 9.88 Å². The maximum Gasteiger partial charge on any atom is 0.0946 e. The van der Waals surface area contributed by atoms with Gasteiger partial charge in [-0.1, -0.05) is 17.7 Å². The van der Waals surface area contributed by atoms with Crippen LogP contribution in [0.25, 0.3) is 0 Å². The number of aromatic nitrogens is 2. The molecule has 0 amide bonds. The van der Waals surface area contributed by atoms with Crippen LogP contribution in [0.2, 0.25) is 0 Å². The summed E-state index contributed by atoms with van der Waals surface area (Å²) in [6, 6.07) is 8.42. The summed E-state index contributed by atoms with van der Waals surface area (Å²) < 4.78 is 2.06. The Balaban J connectivity index is 1.81. The van der Waals surface area contributed by atoms with Gasteiger partial charge in [-0.3, -0.25) is 0 Å². The van der Waals surface area contributed by atoms with Gasteiger partial charge in [0.1, 0.15) is 0 Å². The summed E-state index contributed by atoms with van der Waals surface area (Å²) in [6.45, 7) is 3.95. The van der Waals surface area contributed by atoms with E-state index in [1.165, 1.54) is 11.3 Å². The Morgan fingerprint density at radius 1 is 1.27 bits per heavy atom. The standard InChI is InChI=1S/C12H15N3/c1-11-2-4-12(5-3-11)14-7-9-15-8-6-13-10-15/h2-6,8,10,14H,7,9H2,1H3. The van der Waals surface area contributed by atoms with Crippen molar-refractivity contribution in [3.8, 4) is 0 Å². The fraction of sp³-hybridized carbons (Fsp3) is 0.250. The third-order valence-electron chi connectivity index (χ3n) is 2.31.